The van der Waals surface area contributed by atoms with Crippen LogP contribution in [0.5, 0.6) is 11.5 Å². The minimum atomic E-state index is -0.263. The van der Waals surface area contributed by atoms with E-state index in [2.05, 4.69) is 25.7 Å². The Bertz CT molecular complexity index is 1040. The minimum Gasteiger partial charge on any atom is -0.493 e. The lowest BCUT2D eigenvalue weighted by atomic mass is 10.2. The molecule has 0 radical (unpaired) electrons. The second-order valence-electron chi connectivity index (χ2n) is 7.09. The fourth-order valence-electron chi connectivity index (χ4n) is 3.28. The number of hydrogen-bond acceptors (Lipinski definition) is 8. The molecule has 3 aromatic rings. The zero-order valence-corrected chi connectivity index (χ0v) is 17.8. The number of morpholine rings is 1. The van der Waals surface area contributed by atoms with Crippen molar-refractivity contribution in [1.82, 2.24) is 10.2 Å². The van der Waals surface area contributed by atoms with Crippen LogP contribution in [0.3, 0.4) is 0 Å². The van der Waals surface area contributed by atoms with Crippen molar-refractivity contribution in [1.29, 1.82) is 0 Å². The molecule has 0 unspecified atom stereocenters. The van der Waals surface area contributed by atoms with E-state index in [1.165, 1.54) is 0 Å². The molecule has 0 bridgehead atoms. The predicted octanol–water partition coefficient (Wildman–Crippen LogP) is 3.08. The lowest BCUT2D eigenvalue weighted by molar-refractivity contribution is -0.118. The van der Waals surface area contributed by atoms with Gasteiger partial charge in [0, 0.05) is 30.5 Å². The third-order valence-electron chi connectivity index (χ3n) is 4.89. The van der Waals surface area contributed by atoms with Gasteiger partial charge in [0.25, 0.3) is 5.91 Å². The second kappa shape index (κ2) is 10.5. The second-order valence-corrected chi connectivity index (χ2v) is 7.09. The van der Waals surface area contributed by atoms with Gasteiger partial charge < -0.3 is 29.7 Å². The summed E-state index contributed by atoms with van der Waals surface area (Å²) in [7, 11) is 1.56. The summed E-state index contributed by atoms with van der Waals surface area (Å²) in [6.45, 7) is 2.97. The molecule has 4 rings (SSSR count). The smallest absolute Gasteiger partial charge is 0.262 e. The molecule has 32 heavy (non-hydrogen) atoms. The Labute approximate surface area is 186 Å². The predicted molar refractivity (Wildman–Crippen MR) is 122 cm³/mol. The van der Waals surface area contributed by atoms with Crippen LogP contribution >= 0.6 is 0 Å². The zero-order chi connectivity index (χ0) is 22.2. The lowest BCUT2D eigenvalue weighted by Crippen LogP contribution is -2.36. The van der Waals surface area contributed by atoms with Gasteiger partial charge >= 0.3 is 0 Å². The monoisotopic (exact) mass is 435 g/mol. The SMILES string of the molecule is COc1ccccc1OCC(=O)Nc1ccc(Nc2cc(N3CCOCC3)cnn2)cc1. The van der Waals surface area contributed by atoms with Gasteiger partial charge in [0.1, 0.15) is 0 Å². The Hall–Kier alpha value is -3.85. The number of rotatable bonds is 8. The molecule has 1 fully saturated rings. The maximum Gasteiger partial charge on any atom is 0.262 e. The summed E-state index contributed by atoms with van der Waals surface area (Å²) in [4.78, 5) is 14.4. The molecular formula is C23H25N5O4. The number of amides is 1. The Morgan fingerprint density at radius 1 is 1.06 bits per heavy atom. The molecule has 0 saturated carbocycles. The molecule has 9 nitrogen and oxygen atoms in total. The van der Waals surface area contributed by atoms with Crippen molar-refractivity contribution >= 4 is 28.8 Å². The van der Waals surface area contributed by atoms with Gasteiger partial charge in [0.15, 0.2) is 23.9 Å². The summed E-state index contributed by atoms with van der Waals surface area (Å²) in [6, 6.07) is 16.5. The lowest BCUT2D eigenvalue weighted by Gasteiger charge is -2.28. The number of nitrogens with one attached hydrogen (secondary N) is 2. The number of nitrogens with zero attached hydrogens (tertiary/aromatic N) is 3. The number of para-hydroxylation sites is 2. The summed E-state index contributed by atoms with van der Waals surface area (Å²) in [5, 5.41) is 14.3. The van der Waals surface area contributed by atoms with E-state index in [1.54, 1.807) is 25.4 Å². The molecule has 0 atom stereocenters. The molecule has 1 saturated heterocycles. The van der Waals surface area contributed by atoms with Gasteiger partial charge in [-0.1, -0.05) is 12.1 Å². The average Bonchev–Trinajstić information content (AvgIpc) is 2.85. The first-order chi connectivity index (χ1) is 15.7. The molecule has 0 aliphatic carbocycles. The summed E-state index contributed by atoms with van der Waals surface area (Å²) >= 11 is 0. The summed E-state index contributed by atoms with van der Waals surface area (Å²) in [6.07, 6.45) is 1.75. The number of ether oxygens (including phenoxy) is 3. The standard InChI is InChI=1S/C23H25N5O4/c1-30-20-4-2-3-5-21(20)32-16-23(29)26-18-8-6-17(7-9-18)25-22-14-19(15-24-27-22)28-10-12-31-13-11-28/h2-9,14-15H,10-13,16H2,1H3,(H,25,27)(H,26,29). The van der Waals surface area contributed by atoms with Crippen molar-refractivity contribution in [3.63, 3.8) is 0 Å². The molecule has 9 heteroatoms. The molecule has 2 aromatic carbocycles. The maximum absolute atomic E-state index is 12.2. The van der Waals surface area contributed by atoms with Crippen molar-refractivity contribution < 1.29 is 19.0 Å². The number of carbonyl (C=O) groups is 1. The first-order valence-electron chi connectivity index (χ1n) is 10.3. The molecular weight excluding hydrogens is 410 g/mol. The first kappa shape index (κ1) is 21.4. The van der Waals surface area contributed by atoms with Crippen LogP contribution in [0, 0.1) is 0 Å². The highest BCUT2D eigenvalue weighted by atomic mass is 16.5. The average molecular weight is 435 g/mol. The van der Waals surface area contributed by atoms with Crippen LogP contribution in [0.25, 0.3) is 0 Å². The molecule has 0 spiro atoms. The molecule has 166 valence electrons. The Balaban J connectivity index is 1.31. The molecule has 1 aromatic heterocycles. The summed E-state index contributed by atoms with van der Waals surface area (Å²) in [5.41, 5.74) is 2.50. The van der Waals surface area contributed by atoms with Crippen molar-refractivity contribution in [2.24, 2.45) is 0 Å². The van der Waals surface area contributed by atoms with E-state index in [4.69, 9.17) is 14.2 Å². The summed E-state index contributed by atoms with van der Waals surface area (Å²) < 4.78 is 16.2. The highest BCUT2D eigenvalue weighted by molar-refractivity contribution is 5.92. The van der Waals surface area contributed by atoms with Crippen LogP contribution in [-0.2, 0) is 9.53 Å². The third-order valence-corrected chi connectivity index (χ3v) is 4.89. The highest BCUT2D eigenvalue weighted by Crippen LogP contribution is 2.26. The number of benzene rings is 2. The van der Waals surface area contributed by atoms with Gasteiger partial charge in [-0.25, -0.2) is 0 Å². The maximum atomic E-state index is 12.2. The van der Waals surface area contributed by atoms with Crippen LogP contribution in [-0.4, -0.2) is 56.1 Å². The van der Waals surface area contributed by atoms with Crippen molar-refractivity contribution in [2.45, 2.75) is 0 Å². The van der Waals surface area contributed by atoms with Gasteiger partial charge in [-0.15, -0.1) is 5.10 Å². The zero-order valence-electron chi connectivity index (χ0n) is 17.8. The number of carbonyl (C=O) groups excluding carboxylic acids is 1. The first-order valence-corrected chi connectivity index (χ1v) is 10.3. The van der Waals surface area contributed by atoms with Gasteiger partial charge in [-0.05, 0) is 36.4 Å². The van der Waals surface area contributed by atoms with Crippen molar-refractivity contribution in [2.75, 3.05) is 55.6 Å². The van der Waals surface area contributed by atoms with Crippen LogP contribution in [0.4, 0.5) is 22.9 Å². The van der Waals surface area contributed by atoms with Crippen molar-refractivity contribution in [3.8, 4) is 11.5 Å². The summed E-state index contributed by atoms with van der Waals surface area (Å²) in [5.74, 6) is 1.48. The molecule has 1 aliphatic rings. The van der Waals surface area contributed by atoms with E-state index in [0.717, 1.165) is 24.5 Å². The number of methoxy groups -OCH3 is 1. The quantitative estimate of drug-likeness (QED) is 0.557. The molecule has 2 heterocycles. The van der Waals surface area contributed by atoms with E-state index in [1.807, 2.05) is 42.5 Å². The van der Waals surface area contributed by atoms with Crippen LogP contribution in [0.2, 0.25) is 0 Å². The largest absolute Gasteiger partial charge is 0.493 e. The Morgan fingerprint density at radius 2 is 1.78 bits per heavy atom. The van der Waals surface area contributed by atoms with E-state index >= 15 is 0 Å². The van der Waals surface area contributed by atoms with Gasteiger partial charge in [0.2, 0.25) is 0 Å². The highest BCUT2D eigenvalue weighted by Gasteiger charge is 2.12. The number of aromatic nitrogens is 2. The van der Waals surface area contributed by atoms with Crippen LogP contribution in [0.1, 0.15) is 0 Å². The van der Waals surface area contributed by atoms with Crippen molar-refractivity contribution in [3.05, 3.63) is 60.8 Å². The Kier molecular flexibility index (Phi) is 6.98. The minimum absolute atomic E-state index is 0.121. The van der Waals surface area contributed by atoms with Crippen LogP contribution in [0.15, 0.2) is 60.8 Å². The third kappa shape index (κ3) is 5.64. The van der Waals surface area contributed by atoms with Gasteiger partial charge in [-0.3, -0.25) is 4.79 Å². The van der Waals surface area contributed by atoms with Crippen LogP contribution < -0.4 is 25.0 Å². The van der Waals surface area contributed by atoms with E-state index < -0.39 is 0 Å². The normalized spacial score (nSPS) is 13.3. The Morgan fingerprint density at radius 3 is 2.53 bits per heavy atom. The molecule has 1 aliphatic heterocycles. The van der Waals surface area contributed by atoms with E-state index in [9.17, 15) is 4.79 Å². The molecule has 1 amide bonds. The number of hydrogen-bond donors (Lipinski definition) is 2. The van der Waals surface area contributed by atoms with Gasteiger partial charge in [0.05, 0.1) is 32.2 Å². The fourth-order valence-corrected chi connectivity index (χ4v) is 3.28. The topological polar surface area (TPSA) is 97.8 Å². The molecule has 2 N–H and O–H groups in total. The van der Waals surface area contributed by atoms with Gasteiger partial charge in [-0.2, -0.15) is 5.10 Å². The van der Waals surface area contributed by atoms with E-state index in [0.29, 0.717) is 36.2 Å². The fraction of sp³-hybridized carbons (Fsp3) is 0.261. The van der Waals surface area contributed by atoms with E-state index in [-0.39, 0.29) is 12.5 Å². The number of anilines is 4.